The van der Waals surface area contributed by atoms with Gasteiger partial charge < -0.3 is 10.1 Å². The molecule has 2 rings (SSSR count). The molecule has 7 heteroatoms. The van der Waals surface area contributed by atoms with E-state index in [-0.39, 0.29) is 18.3 Å². The first-order valence-electron chi connectivity index (χ1n) is 6.52. The Morgan fingerprint density at radius 3 is 2.90 bits per heavy atom. The smallest absolute Gasteiger partial charge is 0.327 e. The van der Waals surface area contributed by atoms with Crippen molar-refractivity contribution in [3.8, 4) is 0 Å². The number of benzene rings is 1. The van der Waals surface area contributed by atoms with Crippen molar-refractivity contribution in [2.75, 3.05) is 11.9 Å². The van der Waals surface area contributed by atoms with Gasteiger partial charge in [-0.1, -0.05) is 22.9 Å². The van der Waals surface area contributed by atoms with Gasteiger partial charge >= 0.3 is 5.97 Å². The standard InChI is InChI=1S/C14H16N4O3/c1-3-21-13(19)9-18-8-12(16-17-18)15-14(20)11-6-4-5-10(2)7-11/h4-8H,3,9H2,1-2H3,(H,15,20). The summed E-state index contributed by atoms with van der Waals surface area (Å²) in [5, 5.41) is 10.2. The highest BCUT2D eigenvalue weighted by atomic mass is 16.5. The van der Waals surface area contributed by atoms with Crippen LogP contribution in [0.15, 0.2) is 30.5 Å². The molecule has 0 bridgehead atoms. The van der Waals surface area contributed by atoms with Crippen molar-refractivity contribution in [3.63, 3.8) is 0 Å². The lowest BCUT2D eigenvalue weighted by Gasteiger charge is -2.02. The molecule has 0 aliphatic heterocycles. The van der Waals surface area contributed by atoms with E-state index in [0.29, 0.717) is 12.2 Å². The SMILES string of the molecule is CCOC(=O)Cn1cc(NC(=O)c2cccc(C)c2)nn1. The number of nitrogens with zero attached hydrogens (tertiary/aromatic N) is 3. The first-order chi connectivity index (χ1) is 10.1. The summed E-state index contributed by atoms with van der Waals surface area (Å²) in [6.07, 6.45) is 1.48. The number of ether oxygens (including phenoxy) is 1. The topological polar surface area (TPSA) is 86.1 Å². The maximum Gasteiger partial charge on any atom is 0.327 e. The van der Waals surface area contributed by atoms with Crippen LogP contribution < -0.4 is 5.32 Å². The number of hydrogen-bond donors (Lipinski definition) is 1. The molecule has 0 fully saturated rings. The van der Waals surface area contributed by atoms with E-state index in [9.17, 15) is 9.59 Å². The molecular formula is C14H16N4O3. The molecule has 0 saturated heterocycles. The second kappa shape index (κ2) is 6.65. The van der Waals surface area contributed by atoms with E-state index in [2.05, 4.69) is 15.6 Å². The summed E-state index contributed by atoms with van der Waals surface area (Å²) >= 11 is 0. The number of hydrogen-bond acceptors (Lipinski definition) is 5. The van der Waals surface area contributed by atoms with Gasteiger partial charge in [0.15, 0.2) is 5.82 Å². The molecule has 0 atom stereocenters. The zero-order chi connectivity index (χ0) is 15.2. The van der Waals surface area contributed by atoms with Crippen LogP contribution in [0.3, 0.4) is 0 Å². The number of anilines is 1. The Kier molecular flexibility index (Phi) is 4.65. The lowest BCUT2D eigenvalue weighted by atomic mass is 10.1. The second-order valence-electron chi connectivity index (χ2n) is 4.43. The molecule has 0 unspecified atom stereocenters. The normalized spacial score (nSPS) is 10.2. The van der Waals surface area contributed by atoms with Gasteiger partial charge in [-0.15, -0.1) is 5.10 Å². The lowest BCUT2D eigenvalue weighted by Crippen LogP contribution is -2.14. The Hall–Kier alpha value is -2.70. The zero-order valence-corrected chi connectivity index (χ0v) is 11.9. The fourth-order valence-corrected chi connectivity index (χ4v) is 1.75. The molecule has 1 amide bonds. The van der Waals surface area contributed by atoms with Gasteiger partial charge in [0, 0.05) is 5.56 Å². The summed E-state index contributed by atoms with van der Waals surface area (Å²) in [6.45, 7) is 3.91. The largest absolute Gasteiger partial charge is 0.465 e. The molecule has 110 valence electrons. The molecule has 1 heterocycles. The van der Waals surface area contributed by atoms with Gasteiger partial charge in [0.05, 0.1) is 12.8 Å². The number of rotatable bonds is 5. The number of aryl methyl sites for hydroxylation is 1. The zero-order valence-electron chi connectivity index (χ0n) is 11.9. The molecule has 0 aliphatic rings. The number of aromatic nitrogens is 3. The summed E-state index contributed by atoms with van der Waals surface area (Å²) in [4.78, 5) is 23.3. The van der Waals surface area contributed by atoms with E-state index in [1.165, 1.54) is 10.9 Å². The third-order valence-corrected chi connectivity index (χ3v) is 2.66. The Morgan fingerprint density at radius 2 is 2.19 bits per heavy atom. The van der Waals surface area contributed by atoms with Crippen molar-refractivity contribution >= 4 is 17.7 Å². The summed E-state index contributed by atoms with van der Waals surface area (Å²) in [6, 6.07) is 7.21. The molecule has 0 radical (unpaired) electrons. The van der Waals surface area contributed by atoms with Crippen molar-refractivity contribution in [1.82, 2.24) is 15.0 Å². The quantitative estimate of drug-likeness (QED) is 0.840. The molecular weight excluding hydrogens is 272 g/mol. The molecule has 0 saturated carbocycles. The predicted molar refractivity (Wildman–Crippen MR) is 75.8 cm³/mol. The summed E-state index contributed by atoms with van der Waals surface area (Å²) in [5.74, 6) is -0.397. The van der Waals surface area contributed by atoms with Crippen LogP contribution in [0.5, 0.6) is 0 Å². The van der Waals surface area contributed by atoms with E-state index in [1.54, 1.807) is 19.1 Å². The van der Waals surface area contributed by atoms with Crippen LogP contribution in [0.2, 0.25) is 0 Å². The average molecular weight is 288 g/mol. The van der Waals surface area contributed by atoms with Crippen LogP contribution in [0.25, 0.3) is 0 Å². The third-order valence-electron chi connectivity index (χ3n) is 2.66. The Bertz CT molecular complexity index is 651. The van der Waals surface area contributed by atoms with Crippen molar-refractivity contribution in [3.05, 3.63) is 41.6 Å². The van der Waals surface area contributed by atoms with Crippen molar-refractivity contribution < 1.29 is 14.3 Å². The lowest BCUT2D eigenvalue weighted by molar-refractivity contribution is -0.144. The Labute approximate surface area is 121 Å². The Morgan fingerprint density at radius 1 is 1.38 bits per heavy atom. The van der Waals surface area contributed by atoms with Crippen LogP contribution in [-0.4, -0.2) is 33.5 Å². The predicted octanol–water partition coefficient (Wildman–Crippen LogP) is 1.40. The fourth-order valence-electron chi connectivity index (χ4n) is 1.75. The highest BCUT2D eigenvalue weighted by Crippen LogP contribution is 2.07. The van der Waals surface area contributed by atoms with Crippen LogP contribution in [0.4, 0.5) is 5.82 Å². The van der Waals surface area contributed by atoms with Crippen molar-refractivity contribution in [2.24, 2.45) is 0 Å². The van der Waals surface area contributed by atoms with Crippen molar-refractivity contribution in [2.45, 2.75) is 20.4 Å². The monoisotopic (exact) mass is 288 g/mol. The molecule has 2 aromatic rings. The minimum Gasteiger partial charge on any atom is -0.465 e. The molecule has 1 N–H and O–H groups in total. The summed E-state index contributed by atoms with van der Waals surface area (Å²) < 4.78 is 6.11. The molecule has 7 nitrogen and oxygen atoms in total. The molecule has 21 heavy (non-hydrogen) atoms. The minimum absolute atomic E-state index is 0.0405. The van der Waals surface area contributed by atoms with E-state index in [0.717, 1.165) is 5.56 Å². The van der Waals surface area contributed by atoms with Gasteiger partial charge in [0.1, 0.15) is 6.54 Å². The van der Waals surface area contributed by atoms with Crippen LogP contribution in [0.1, 0.15) is 22.8 Å². The molecule has 1 aromatic heterocycles. The van der Waals surface area contributed by atoms with E-state index < -0.39 is 5.97 Å². The summed E-state index contributed by atoms with van der Waals surface area (Å²) in [7, 11) is 0. The maximum absolute atomic E-state index is 12.0. The number of carbonyl (C=O) groups excluding carboxylic acids is 2. The Balaban J connectivity index is 1.99. The van der Waals surface area contributed by atoms with Crippen LogP contribution >= 0.6 is 0 Å². The first-order valence-corrected chi connectivity index (χ1v) is 6.52. The third kappa shape index (κ3) is 4.13. The van der Waals surface area contributed by atoms with Gasteiger partial charge in [-0.25, -0.2) is 4.68 Å². The van der Waals surface area contributed by atoms with E-state index in [4.69, 9.17) is 4.74 Å². The first kappa shape index (κ1) is 14.7. The maximum atomic E-state index is 12.0. The number of amides is 1. The van der Waals surface area contributed by atoms with Crippen molar-refractivity contribution in [1.29, 1.82) is 0 Å². The van der Waals surface area contributed by atoms with E-state index >= 15 is 0 Å². The van der Waals surface area contributed by atoms with Gasteiger partial charge in [0.25, 0.3) is 5.91 Å². The molecule has 1 aromatic carbocycles. The fraction of sp³-hybridized carbons (Fsp3) is 0.286. The van der Waals surface area contributed by atoms with Crippen LogP contribution in [0, 0.1) is 6.92 Å². The summed E-state index contributed by atoms with van der Waals surface area (Å²) in [5.41, 5.74) is 1.53. The highest BCUT2D eigenvalue weighted by molar-refractivity contribution is 6.03. The molecule has 0 aliphatic carbocycles. The highest BCUT2D eigenvalue weighted by Gasteiger charge is 2.10. The number of nitrogens with one attached hydrogen (secondary N) is 1. The van der Waals surface area contributed by atoms with Gasteiger partial charge in [-0.2, -0.15) is 0 Å². The molecule has 0 spiro atoms. The second-order valence-corrected chi connectivity index (χ2v) is 4.43. The number of esters is 1. The van der Waals surface area contributed by atoms with E-state index in [1.807, 2.05) is 19.1 Å². The van der Waals surface area contributed by atoms with Gasteiger partial charge in [-0.3, -0.25) is 9.59 Å². The number of carbonyl (C=O) groups is 2. The minimum atomic E-state index is -0.404. The van der Waals surface area contributed by atoms with Gasteiger partial charge in [-0.05, 0) is 26.0 Å². The van der Waals surface area contributed by atoms with Gasteiger partial charge in [0.2, 0.25) is 0 Å². The van der Waals surface area contributed by atoms with Crippen LogP contribution in [-0.2, 0) is 16.1 Å². The average Bonchev–Trinajstić information content (AvgIpc) is 2.86.